The molecule has 1 saturated heterocycles. The molecule has 1 aliphatic rings. The molecule has 1 fully saturated rings. The number of rotatable bonds is 28. The van der Waals surface area contributed by atoms with Crippen molar-refractivity contribution < 1.29 is 33.4 Å². The molecule has 0 spiro atoms. The number of aromatic nitrogens is 6. The number of β-amino-alcohol motifs (C(OH)–C–C–N with tert-alkyl or cyclic N) is 1. The molecular weight excluding hydrogens is 1050 g/mol. The smallest absolute Gasteiger partial charge is 0.248 e. The Kier molecular flexibility index (Phi) is 21.8. The van der Waals surface area contributed by atoms with E-state index in [1.54, 1.807) is 34.2 Å². The van der Waals surface area contributed by atoms with Crippen molar-refractivity contribution in [3.63, 3.8) is 0 Å². The van der Waals surface area contributed by atoms with Gasteiger partial charge in [-0.15, -0.1) is 16.4 Å². The Morgan fingerprint density at radius 3 is 2.39 bits per heavy atom. The standard InChI is InChI=1S/C58H74ClFN12O6S/c1-7-70(8-2)26-17-19-51(74)66-48-30-44-47(62-36-63-55(44)65-41-24-25-46(60)45(59)28-41)31-50(48)78-35-42-33-71(69-68-42)27-16-14-12-10-9-11-13-15-18-52(75)67-54(58(4,5)6)57(77)72-34-43(73)29-49(72)56(76)61-32-39-20-22-40(23-21-39)53-38(3)64-37-79-53/h17,19-25,28,30-31,33,36-37,43,49,54,73H,7-16,18,26-27,29,32,34-35H2,1-6H3,(H,61,76)(H,66,74)(H,67,75)(H,62,63,65)/b19-17+/t43-,49+,54-/m1/s1. The molecule has 4 heterocycles. The van der Waals surface area contributed by atoms with Crippen LogP contribution in [0.3, 0.4) is 0 Å². The first-order valence-corrected chi connectivity index (χ1v) is 28.5. The van der Waals surface area contributed by atoms with E-state index in [0.29, 0.717) is 59.0 Å². The van der Waals surface area contributed by atoms with Crippen LogP contribution in [-0.2, 0) is 38.9 Å². The highest BCUT2D eigenvalue weighted by Crippen LogP contribution is 2.35. The number of amides is 4. The Morgan fingerprint density at radius 1 is 0.962 bits per heavy atom. The van der Waals surface area contributed by atoms with Crippen LogP contribution >= 0.6 is 22.9 Å². The van der Waals surface area contributed by atoms with E-state index in [4.69, 9.17) is 16.3 Å². The highest BCUT2D eigenvalue weighted by Gasteiger charge is 2.44. The van der Waals surface area contributed by atoms with Gasteiger partial charge in [0.15, 0.2) is 0 Å². The Morgan fingerprint density at radius 2 is 1.70 bits per heavy atom. The number of aliphatic hydroxyl groups excluding tert-OH is 1. The van der Waals surface area contributed by atoms with E-state index in [9.17, 15) is 28.7 Å². The van der Waals surface area contributed by atoms with Gasteiger partial charge in [-0.1, -0.05) is 120 Å². The number of carbonyl (C=O) groups is 4. The number of nitrogens with zero attached hydrogens (tertiary/aromatic N) is 8. The summed E-state index contributed by atoms with van der Waals surface area (Å²) in [6, 6.07) is 13.9. The molecule has 0 saturated carbocycles. The monoisotopic (exact) mass is 1120 g/mol. The maximum absolute atomic E-state index is 14.1. The molecule has 3 aromatic heterocycles. The van der Waals surface area contributed by atoms with Crippen molar-refractivity contribution in [2.45, 2.75) is 144 Å². The van der Waals surface area contributed by atoms with Gasteiger partial charge in [-0.25, -0.2) is 19.3 Å². The van der Waals surface area contributed by atoms with E-state index in [2.05, 4.69) is 65.3 Å². The van der Waals surface area contributed by atoms with Crippen LogP contribution in [0.4, 0.5) is 21.6 Å². The number of anilines is 3. The fourth-order valence-corrected chi connectivity index (χ4v) is 10.4. The lowest BCUT2D eigenvalue weighted by molar-refractivity contribution is -0.144. The molecule has 7 rings (SSSR count). The number of aryl methyl sites for hydroxylation is 2. The maximum Gasteiger partial charge on any atom is 0.248 e. The average Bonchev–Trinajstić information content (AvgIpc) is 4.33. The number of ether oxygens (including phenoxy) is 1. The summed E-state index contributed by atoms with van der Waals surface area (Å²) in [5.74, 6) is -0.999. The number of likely N-dealkylation sites (N-methyl/N-ethyl adjacent to an activating group) is 1. The second kappa shape index (κ2) is 28.8. The number of likely N-dealkylation sites (tertiary alicyclic amines) is 1. The van der Waals surface area contributed by atoms with Crippen molar-refractivity contribution in [3.8, 4) is 16.2 Å². The molecule has 0 unspecified atom stereocenters. The molecule has 3 aromatic carbocycles. The number of halogens is 2. The first kappa shape index (κ1) is 59.8. The van der Waals surface area contributed by atoms with Crippen molar-refractivity contribution in [1.29, 1.82) is 0 Å². The van der Waals surface area contributed by atoms with Gasteiger partial charge in [0.25, 0.3) is 0 Å². The summed E-state index contributed by atoms with van der Waals surface area (Å²) < 4.78 is 22.0. The van der Waals surface area contributed by atoms with Gasteiger partial charge in [0, 0.05) is 62.2 Å². The molecule has 0 bridgehead atoms. The zero-order chi connectivity index (χ0) is 56.5. The number of nitrogens with one attached hydrogen (secondary N) is 4. The quantitative estimate of drug-likeness (QED) is 0.0228. The molecule has 0 radical (unpaired) electrons. The average molecular weight is 1120 g/mol. The highest BCUT2D eigenvalue weighted by atomic mass is 35.5. The number of hydrogen-bond acceptors (Lipinski definition) is 14. The third-order valence-electron chi connectivity index (χ3n) is 13.9. The fraction of sp³-hybridized carbons (Fsp3) is 0.466. The molecule has 0 aliphatic carbocycles. The summed E-state index contributed by atoms with van der Waals surface area (Å²) in [5, 5.41) is 31.9. The van der Waals surface area contributed by atoms with Gasteiger partial charge in [0.2, 0.25) is 23.6 Å². The number of thiazole rings is 1. The lowest BCUT2D eigenvalue weighted by Gasteiger charge is -2.35. The van der Waals surface area contributed by atoms with Crippen LogP contribution in [0.5, 0.6) is 5.75 Å². The lowest BCUT2D eigenvalue weighted by Crippen LogP contribution is -2.57. The van der Waals surface area contributed by atoms with Crippen molar-refractivity contribution in [2.75, 3.05) is 36.8 Å². The predicted molar refractivity (Wildman–Crippen MR) is 307 cm³/mol. The van der Waals surface area contributed by atoms with Crippen LogP contribution < -0.4 is 26.0 Å². The van der Waals surface area contributed by atoms with Crippen LogP contribution in [0.2, 0.25) is 5.02 Å². The van der Waals surface area contributed by atoms with Crippen molar-refractivity contribution in [3.05, 3.63) is 113 Å². The van der Waals surface area contributed by atoms with Gasteiger partial charge < -0.3 is 40.9 Å². The molecule has 21 heteroatoms. The van der Waals surface area contributed by atoms with Crippen molar-refractivity contribution in [1.82, 2.24) is 50.4 Å². The van der Waals surface area contributed by atoms with Crippen LogP contribution in [-0.4, -0.2) is 113 Å². The number of aliphatic hydroxyl groups is 1. The van der Waals surface area contributed by atoms with Gasteiger partial charge in [-0.2, -0.15) is 0 Å². The van der Waals surface area contributed by atoms with E-state index in [1.165, 1.54) is 29.4 Å². The molecular formula is C58H74ClFN12O6S. The largest absolute Gasteiger partial charge is 0.485 e. The molecule has 422 valence electrons. The minimum atomic E-state index is -0.868. The van der Waals surface area contributed by atoms with Gasteiger partial charge >= 0.3 is 0 Å². The molecule has 4 amide bonds. The van der Waals surface area contributed by atoms with Gasteiger partial charge in [-0.3, -0.25) is 23.9 Å². The van der Waals surface area contributed by atoms with Gasteiger partial charge in [0.05, 0.1) is 44.6 Å². The van der Waals surface area contributed by atoms with E-state index >= 15 is 0 Å². The second-order valence-corrected chi connectivity index (χ2v) is 22.3. The summed E-state index contributed by atoms with van der Waals surface area (Å²) in [6.07, 6.45) is 13.8. The molecule has 1 aliphatic heterocycles. The minimum Gasteiger partial charge on any atom is -0.485 e. The number of hydrogen-bond donors (Lipinski definition) is 5. The van der Waals surface area contributed by atoms with Crippen molar-refractivity contribution in [2.24, 2.45) is 5.41 Å². The lowest BCUT2D eigenvalue weighted by atomic mass is 9.85. The van der Waals surface area contributed by atoms with E-state index < -0.39 is 29.4 Å². The highest BCUT2D eigenvalue weighted by molar-refractivity contribution is 7.13. The van der Waals surface area contributed by atoms with Gasteiger partial charge in [-0.05, 0) is 73.7 Å². The SMILES string of the molecule is CCN(CC)C/C=C/C(=O)Nc1cc2c(Nc3ccc(F)c(Cl)c3)ncnc2cc1OCc1cn(CCCCCCCCCCC(=O)N[C@H](C(=O)N2C[C@H](O)C[C@H]2C(=O)NCc2ccc(-c3scnc3C)cc2)C(C)(C)C)nn1. The minimum absolute atomic E-state index is 0.0202. The topological polar surface area (TPSA) is 222 Å². The molecule has 18 nitrogen and oxygen atoms in total. The normalized spacial score (nSPS) is 15.0. The summed E-state index contributed by atoms with van der Waals surface area (Å²) >= 11 is 7.62. The predicted octanol–water partition coefficient (Wildman–Crippen LogP) is 9.92. The van der Waals surface area contributed by atoms with Crippen molar-refractivity contribution >= 4 is 74.7 Å². The summed E-state index contributed by atoms with van der Waals surface area (Å²) in [4.78, 5) is 71.9. The fourth-order valence-electron chi connectivity index (χ4n) is 9.38. The summed E-state index contributed by atoms with van der Waals surface area (Å²) in [5.41, 5.74) is 6.19. The first-order valence-electron chi connectivity index (χ1n) is 27.3. The van der Waals surface area contributed by atoms with Crippen LogP contribution in [0.25, 0.3) is 21.3 Å². The second-order valence-electron chi connectivity index (χ2n) is 21.0. The molecule has 3 atom stereocenters. The van der Waals surface area contributed by atoms with Crippen LogP contribution in [0, 0.1) is 18.2 Å². The Labute approximate surface area is 471 Å². The zero-order valence-corrected chi connectivity index (χ0v) is 47.6. The van der Waals surface area contributed by atoms with Crippen LogP contribution in [0.15, 0.2) is 84.8 Å². The number of carbonyl (C=O) groups excluding carboxylic acids is 4. The first-order chi connectivity index (χ1) is 38.0. The van der Waals surface area contributed by atoms with Gasteiger partial charge in [0.1, 0.15) is 48.1 Å². The third-order valence-corrected chi connectivity index (χ3v) is 15.2. The Bertz CT molecular complexity index is 3030. The Hall–Kier alpha value is -6.87. The summed E-state index contributed by atoms with van der Waals surface area (Å²) in [7, 11) is 0. The number of fused-ring (bicyclic) bond motifs is 1. The van der Waals surface area contributed by atoms with E-state index in [1.807, 2.05) is 69.7 Å². The van der Waals surface area contributed by atoms with Crippen LogP contribution in [0.1, 0.15) is 116 Å². The zero-order valence-electron chi connectivity index (χ0n) is 46.1. The summed E-state index contributed by atoms with van der Waals surface area (Å²) in [6.45, 7) is 15.2. The third kappa shape index (κ3) is 17.3. The van der Waals surface area contributed by atoms with E-state index in [-0.39, 0.29) is 61.2 Å². The molecule has 5 N–H and O–H groups in total. The molecule has 79 heavy (non-hydrogen) atoms. The van der Waals surface area contributed by atoms with E-state index in [0.717, 1.165) is 79.7 Å². The number of benzene rings is 3. The Balaban J connectivity index is 0.813. The maximum atomic E-state index is 14.1. The molecule has 6 aromatic rings. The number of unbranched alkanes of at least 4 members (excludes halogenated alkanes) is 7.